The van der Waals surface area contributed by atoms with E-state index < -0.39 is 0 Å². The molecule has 2 atom stereocenters. The highest BCUT2D eigenvalue weighted by Crippen LogP contribution is 2.28. The zero-order chi connectivity index (χ0) is 26.5. The molecule has 194 valence electrons. The van der Waals surface area contributed by atoms with Gasteiger partial charge in [0.2, 0.25) is 0 Å². The molecule has 9 nitrogen and oxygen atoms in total. The molecule has 4 heterocycles. The van der Waals surface area contributed by atoms with E-state index in [2.05, 4.69) is 66.1 Å². The number of hydrogen-bond acceptors (Lipinski definition) is 4. The van der Waals surface area contributed by atoms with Crippen molar-refractivity contribution in [3.63, 3.8) is 0 Å². The molecular weight excluding hydrogens is 602 g/mol. The summed E-state index contributed by atoms with van der Waals surface area (Å²) in [4.78, 5) is 29.4. The van der Waals surface area contributed by atoms with Crippen LogP contribution in [0.15, 0.2) is 45.6 Å². The smallest absolute Gasteiger partial charge is 0.272 e. The second-order valence-electron chi connectivity index (χ2n) is 9.15. The van der Waals surface area contributed by atoms with Crippen molar-refractivity contribution in [3.8, 4) is 0 Å². The Morgan fingerprint density at radius 3 is 2.19 bits per heavy atom. The fraction of sp³-hybridized carbons (Fsp3) is 0.423. The average Bonchev–Trinajstić information content (AvgIpc) is 3.48. The maximum atomic E-state index is 12.7. The lowest BCUT2D eigenvalue weighted by atomic mass is 10.1. The van der Waals surface area contributed by atoms with Crippen LogP contribution in [0.4, 0.5) is 5.69 Å². The third-order valence-corrected chi connectivity index (χ3v) is 7.23. The van der Waals surface area contributed by atoms with Crippen LogP contribution in [0.25, 0.3) is 4.85 Å². The number of carbonyl (C=O) groups is 2. The van der Waals surface area contributed by atoms with Gasteiger partial charge in [-0.3, -0.25) is 19.0 Å². The van der Waals surface area contributed by atoms with Crippen molar-refractivity contribution in [2.24, 2.45) is 0 Å². The van der Waals surface area contributed by atoms with Crippen molar-refractivity contribution in [2.75, 3.05) is 13.1 Å². The molecule has 2 amide bonds. The third kappa shape index (κ3) is 6.13. The van der Waals surface area contributed by atoms with Gasteiger partial charge < -0.3 is 10.2 Å². The molecular formula is C26H29Br2N7O2. The second kappa shape index (κ2) is 12.0. The fourth-order valence-corrected chi connectivity index (χ4v) is 5.49. The number of carbonyl (C=O) groups excluding carboxylic acids is 2. The van der Waals surface area contributed by atoms with Crippen LogP contribution < -0.4 is 5.32 Å². The molecule has 0 saturated carbocycles. The van der Waals surface area contributed by atoms with Crippen LogP contribution in [0.5, 0.6) is 0 Å². The SMILES string of the molecule is CCCC1CNC(=O)c2cc(Br)nn21.[C-]#[N+]c1ccc(CN2CC(CCC)n3nc(Br)cc3C2=O)cc1. The number of amides is 2. The Morgan fingerprint density at radius 2 is 1.57 bits per heavy atom. The Balaban J connectivity index is 0.000000195. The third-order valence-electron chi connectivity index (χ3n) is 6.45. The van der Waals surface area contributed by atoms with Gasteiger partial charge in [0.1, 0.15) is 20.6 Å². The molecule has 0 saturated heterocycles. The maximum Gasteiger partial charge on any atom is 0.272 e. The Hall–Kier alpha value is -2.97. The van der Waals surface area contributed by atoms with E-state index in [1.54, 1.807) is 24.3 Å². The summed E-state index contributed by atoms with van der Waals surface area (Å²) in [7, 11) is 0. The first-order chi connectivity index (χ1) is 17.8. The van der Waals surface area contributed by atoms with Crippen molar-refractivity contribution in [1.29, 1.82) is 0 Å². The number of hydrogen-bond donors (Lipinski definition) is 1. The predicted octanol–water partition coefficient (Wildman–Crippen LogP) is 5.92. The Labute approximate surface area is 233 Å². The molecule has 1 N–H and O–H groups in total. The van der Waals surface area contributed by atoms with Crippen LogP contribution in [0, 0.1) is 6.57 Å². The van der Waals surface area contributed by atoms with Crippen LogP contribution in [0.2, 0.25) is 0 Å². The van der Waals surface area contributed by atoms with E-state index in [0.29, 0.717) is 47.4 Å². The number of fused-ring (bicyclic) bond motifs is 2. The molecule has 0 spiro atoms. The molecule has 2 aromatic heterocycles. The van der Waals surface area contributed by atoms with Gasteiger partial charge in [-0.25, -0.2) is 4.85 Å². The quantitative estimate of drug-likeness (QED) is 0.342. The second-order valence-corrected chi connectivity index (χ2v) is 10.8. The van der Waals surface area contributed by atoms with Gasteiger partial charge in [0.15, 0.2) is 5.69 Å². The van der Waals surface area contributed by atoms with Crippen LogP contribution in [-0.2, 0) is 6.54 Å². The molecule has 3 aromatic rings. The summed E-state index contributed by atoms with van der Waals surface area (Å²) in [6.07, 6.45) is 4.17. The summed E-state index contributed by atoms with van der Waals surface area (Å²) in [5, 5.41) is 11.6. The zero-order valence-corrected chi connectivity index (χ0v) is 24.0. The van der Waals surface area contributed by atoms with Crippen molar-refractivity contribution < 1.29 is 9.59 Å². The van der Waals surface area contributed by atoms with E-state index >= 15 is 0 Å². The molecule has 1 aromatic carbocycles. The molecule has 0 aliphatic carbocycles. The van der Waals surface area contributed by atoms with Gasteiger partial charge in [-0.05, 0) is 50.3 Å². The lowest BCUT2D eigenvalue weighted by Gasteiger charge is -2.33. The van der Waals surface area contributed by atoms with Gasteiger partial charge >= 0.3 is 0 Å². The molecule has 11 heteroatoms. The molecule has 0 fully saturated rings. The summed E-state index contributed by atoms with van der Waals surface area (Å²) >= 11 is 6.66. The number of nitrogens with one attached hydrogen (secondary N) is 1. The van der Waals surface area contributed by atoms with Gasteiger partial charge in [-0.15, -0.1) is 0 Å². The number of benzene rings is 1. The molecule has 5 rings (SSSR count). The number of aromatic nitrogens is 4. The molecule has 2 unspecified atom stereocenters. The van der Waals surface area contributed by atoms with E-state index in [1.165, 1.54) is 0 Å². The number of halogens is 2. The minimum absolute atomic E-state index is 0.00445. The van der Waals surface area contributed by atoms with Crippen LogP contribution in [-0.4, -0.2) is 49.4 Å². The van der Waals surface area contributed by atoms with Gasteiger partial charge in [-0.1, -0.05) is 51.0 Å². The summed E-state index contributed by atoms with van der Waals surface area (Å²) in [5.41, 5.74) is 2.94. The Morgan fingerprint density at radius 1 is 0.973 bits per heavy atom. The lowest BCUT2D eigenvalue weighted by Crippen LogP contribution is -2.42. The molecule has 37 heavy (non-hydrogen) atoms. The predicted molar refractivity (Wildman–Crippen MR) is 148 cm³/mol. The molecule has 2 aliphatic rings. The normalized spacial score (nSPS) is 18.3. The van der Waals surface area contributed by atoms with Crippen molar-refractivity contribution in [2.45, 2.75) is 58.2 Å². The fourth-order valence-electron chi connectivity index (χ4n) is 4.72. The van der Waals surface area contributed by atoms with Gasteiger partial charge in [0.25, 0.3) is 11.8 Å². The van der Waals surface area contributed by atoms with Crippen molar-refractivity contribution >= 4 is 49.4 Å². The van der Waals surface area contributed by atoms with Crippen LogP contribution in [0.3, 0.4) is 0 Å². The summed E-state index contributed by atoms with van der Waals surface area (Å²) in [6.45, 7) is 13.2. The van der Waals surface area contributed by atoms with Crippen LogP contribution >= 0.6 is 31.9 Å². The van der Waals surface area contributed by atoms with Gasteiger partial charge in [0, 0.05) is 31.8 Å². The summed E-state index contributed by atoms with van der Waals surface area (Å²) < 4.78 is 5.11. The van der Waals surface area contributed by atoms with Crippen LogP contribution in [0.1, 0.15) is 78.2 Å². The Kier molecular flexibility index (Phi) is 8.82. The van der Waals surface area contributed by atoms with Gasteiger partial charge in [0.05, 0.1) is 18.7 Å². The number of rotatable bonds is 6. The minimum Gasteiger partial charge on any atom is -0.349 e. The molecule has 0 bridgehead atoms. The van der Waals surface area contributed by atoms with Gasteiger partial charge in [-0.2, -0.15) is 10.2 Å². The van der Waals surface area contributed by atoms with E-state index in [-0.39, 0.29) is 17.9 Å². The highest BCUT2D eigenvalue weighted by atomic mass is 79.9. The van der Waals surface area contributed by atoms with E-state index in [9.17, 15) is 9.59 Å². The molecule has 0 radical (unpaired) electrons. The van der Waals surface area contributed by atoms with Crippen molar-refractivity contribution in [1.82, 2.24) is 29.8 Å². The minimum atomic E-state index is -0.0319. The largest absolute Gasteiger partial charge is 0.349 e. The van der Waals surface area contributed by atoms with E-state index in [4.69, 9.17) is 6.57 Å². The standard InChI is InChI=1S/C17H17BrN4O.C9H12BrN3O/c1-3-4-14-11-21(10-12-5-7-13(19-2)8-6-12)17(23)15-9-16(18)20-22(14)15;1-2-3-6-5-11-9(14)7-4-8(10)12-13(6)7/h5-9,14H,3-4,10-11H2,1H3;4,6H,2-3,5H2,1H3,(H,11,14). The molecule has 2 aliphatic heterocycles. The Bertz CT molecular complexity index is 1310. The first-order valence-corrected chi connectivity index (χ1v) is 14.0. The highest BCUT2D eigenvalue weighted by Gasteiger charge is 2.32. The first-order valence-electron chi connectivity index (χ1n) is 12.4. The average molecular weight is 631 g/mol. The summed E-state index contributed by atoms with van der Waals surface area (Å²) in [6, 6.07) is 11.5. The summed E-state index contributed by atoms with van der Waals surface area (Å²) in [5.74, 6) is -0.0274. The highest BCUT2D eigenvalue weighted by molar-refractivity contribution is 9.10. The maximum absolute atomic E-state index is 12.7. The zero-order valence-electron chi connectivity index (χ0n) is 20.8. The first kappa shape index (κ1) is 27.1. The van der Waals surface area contributed by atoms with Crippen molar-refractivity contribution in [3.05, 3.63) is 74.0 Å². The lowest BCUT2D eigenvalue weighted by molar-refractivity contribution is 0.0635. The number of nitrogens with zero attached hydrogens (tertiary/aromatic N) is 6. The monoisotopic (exact) mass is 629 g/mol. The van der Waals surface area contributed by atoms with E-state index in [0.717, 1.165) is 35.8 Å². The topological polar surface area (TPSA) is 89.4 Å². The van der Waals surface area contributed by atoms with E-state index in [1.807, 2.05) is 26.4 Å².